The minimum atomic E-state index is -3.70. The fourth-order valence-electron chi connectivity index (χ4n) is 6.52. The van der Waals surface area contributed by atoms with Crippen LogP contribution in [0.25, 0.3) is 0 Å². The largest absolute Gasteiger partial charge is 0.468 e. The van der Waals surface area contributed by atoms with E-state index in [1.165, 1.54) is 7.11 Å². The van der Waals surface area contributed by atoms with E-state index in [9.17, 15) is 4.79 Å². The van der Waals surface area contributed by atoms with Crippen molar-refractivity contribution < 1.29 is 18.7 Å². The summed E-state index contributed by atoms with van der Waals surface area (Å²) in [5, 5.41) is 6.01. The molecule has 0 aromatic heterocycles. The van der Waals surface area contributed by atoms with E-state index >= 15 is 9.13 Å². The summed E-state index contributed by atoms with van der Waals surface area (Å²) in [6.45, 7) is 0. The van der Waals surface area contributed by atoms with Gasteiger partial charge in [-0.1, -0.05) is 149 Å². The van der Waals surface area contributed by atoms with Crippen molar-refractivity contribution in [2.24, 2.45) is 0 Å². The van der Waals surface area contributed by atoms with Crippen LogP contribution in [-0.4, -0.2) is 30.4 Å². The van der Waals surface area contributed by atoms with E-state index in [2.05, 4.69) is 21.2 Å². The third-order valence-electron chi connectivity index (χ3n) is 8.48. The highest BCUT2D eigenvalue weighted by Gasteiger charge is 2.62. The van der Waals surface area contributed by atoms with E-state index in [1.807, 2.05) is 146 Å². The first kappa shape index (κ1) is 30.5. The van der Waals surface area contributed by atoms with Crippen LogP contribution in [0.5, 0.6) is 0 Å². The maximum Gasteiger partial charge on any atom is 0.323 e. The van der Waals surface area contributed by atoms with Crippen LogP contribution in [0.1, 0.15) is 11.6 Å². The second-order valence-corrected chi connectivity index (χ2v) is 17.6. The fraction of sp³-hybridized carbons (Fsp3) is 0.139. The molecule has 1 aliphatic rings. The zero-order valence-electron chi connectivity index (χ0n) is 24.1. The SMILES string of the molecule is COC(=O)[C@H]1N[C@@H](c2ccc(Br)cc2)[C@H](P(=O)(c2ccccc2)c2ccccc2)[C@H]1P(=O)(c1ccccc1)c1ccccc1. The highest BCUT2D eigenvalue weighted by molar-refractivity contribution is 9.10. The Morgan fingerprint density at radius 2 is 0.955 bits per heavy atom. The fourth-order valence-corrected chi connectivity index (χ4v) is 14.9. The summed E-state index contributed by atoms with van der Waals surface area (Å²) in [7, 11) is -6.00. The Labute approximate surface area is 266 Å². The number of halogens is 1. The number of methoxy groups -OCH3 is 1. The quantitative estimate of drug-likeness (QED) is 0.151. The van der Waals surface area contributed by atoms with Crippen molar-refractivity contribution in [3.05, 3.63) is 156 Å². The van der Waals surface area contributed by atoms with Gasteiger partial charge in [-0.3, -0.25) is 10.1 Å². The Bertz CT molecular complexity index is 1730. The minimum Gasteiger partial charge on any atom is -0.468 e. The van der Waals surface area contributed by atoms with Crippen LogP contribution in [0.15, 0.2) is 150 Å². The third-order valence-corrected chi connectivity index (χ3v) is 16.4. The van der Waals surface area contributed by atoms with Gasteiger partial charge in [-0.25, -0.2) is 0 Å². The maximum absolute atomic E-state index is 16.3. The van der Waals surface area contributed by atoms with Crippen LogP contribution in [0.3, 0.4) is 0 Å². The van der Waals surface area contributed by atoms with Crippen LogP contribution in [0.4, 0.5) is 0 Å². The van der Waals surface area contributed by atoms with Gasteiger partial charge < -0.3 is 13.9 Å². The van der Waals surface area contributed by atoms with Gasteiger partial charge in [0.05, 0.1) is 18.4 Å². The second kappa shape index (κ2) is 12.8. The number of benzene rings is 5. The van der Waals surface area contributed by atoms with Gasteiger partial charge in [0.2, 0.25) is 0 Å². The number of ether oxygens (including phenoxy) is 1. The van der Waals surface area contributed by atoms with E-state index in [-0.39, 0.29) is 0 Å². The zero-order valence-corrected chi connectivity index (χ0v) is 27.4. The molecule has 0 bridgehead atoms. The van der Waals surface area contributed by atoms with Gasteiger partial charge in [0, 0.05) is 31.7 Å². The lowest BCUT2D eigenvalue weighted by Gasteiger charge is -2.38. The second-order valence-electron chi connectivity index (χ2n) is 10.8. The summed E-state index contributed by atoms with van der Waals surface area (Å²) in [5.74, 6) is -0.542. The number of nitrogens with one attached hydrogen (secondary N) is 1. The topological polar surface area (TPSA) is 72.5 Å². The van der Waals surface area contributed by atoms with Crippen molar-refractivity contribution in [2.75, 3.05) is 7.11 Å². The average molecular weight is 685 g/mol. The van der Waals surface area contributed by atoms with E-state index in [4.69, 9.17) is 4.74 Å². The molecule has 0 aliphatic carbocycles. The predicted octanol–water partition coefficient (Wildman–Crippen LogP) is 6.40. The van der Waals surface area contributed by atoms with Crippen molar-refractivity contribution in [2.45, 2.75) is 23.4 Å². The predicted molar refractivity (Wildman–Crippen MR) is 183 cm³/mol. The smallest absolute Gasteiger partial charge is 0.323 e. The van der Waals surface area contributed by atoms with Gasteiger partial charge in [-0.2, -0.15) is 0 Å². The Hall–Kier alpha value is -3.53. The van der Waals surface area contributed by atoms with Crippen LogP contribution >= 0.6 is 30.2 Å². The number of hydrogen-bond donors (Lipinski definition) is 1. The highest BCUT2D eigenvalue weighted by atomic mass is 79.9. The molecule has 44 heavy (non-hydrogen) atoms. The summed E-state index contributed by atoms with van der Waals surface area (Å²) in [6.07, 6.45) is 0. The Kier molecular flexibility index (Phi) is 8.89. The number of carbonyl (C=O) groups excluding carboxylic acids is 1. The van der Waals surface area contributed by atoms with Gasteiger partial charge in [0.15, 0.2) is 0 Å². The maximum atomic E-state index is 16.3. The molecule has 0 unspecified atom stereocenters. The van der Waals surface area contributed by atoms with Crippen LogP contribution in [0, 0.1) is 0 Å². The van der Waals surface area contributed by atoms with E-state index in [1.54, 1.807) is 0 Å². The van der Waals surface area contributed by atoms with E-state index < -0.39 is 43.7 Å². The summed E-state index contributed by atoms with van der Waals surface area (Å²) >= 11 is 3.54. The molecule has 1 heterocycles. The Morgan fingerprint density at radius 1 is 0.591 bits per heavy atom. The van der Waals surface area contributed by atoms with E-state index in [0.717, 1.165) is 10.0 Å². The van der Waals surface area contributed by atoms with Gasteiger partial charge in [-0.15, -0.1) is 0 Å². The molecule has 8 heteroatoms. The van der Waals surface area contributed by atoms with Crippen molar-refractivity contribution in [1.82, 2.24) is 5.32 Å². The number of esters is 1. The van der Waals surface area contributed by atoms with Crippen LogP contribution in [-0.2, 0) is 18.7 Å². The molecule has 1 saturated heterocycles. The van der Waals surface area contributed by atoms with Gasteiger partial charge in [-0.05, 0) is 17.7 Å². The minimum absolute atomic E-state index is 0.542. The lowest BCUT2D eigenvalue weighted by atomic mass is 10.0. The molecule has 0 amide bonds. The highest BCUT2D eigenvalue weighted by Crippen LogP contribution is 2.66. The molecule has 1 aliphatic heterocycles. The van der Waals surface area contributed by atoms with E-state index in [0.29, 0.717) is 21.2 Å². The zero-order chi connectivity index (χ0) is 30.7. The van der Waals surface area contributed by atoms with Crippen molar-refractivity contribution in [3.63, 3.8) is 0 Å². The molecule has 5 aromatic carbocycles. The normalized spacial score (nSPS) is 20.2. The molecule has 6 rings (SSSR count). The molecular formula is C36H32BrNO4P2. The molecule has 5 aromatic rings. The number of carbonyl (C=O) groups is 1. The molecule has 0 saturated carbocycles. The molecular weight excluding hydrogens is 652 g/mol. The number of hydrogen-bond acceptors (Lipinski definition) is 5. The Morgan fingerprint density at radius 3 is 1.32 bits per heavy atom. The first-order chi connectivity index (χ1) is 21.4. The lowest BCUT2D eigenvalue weighted by molar-refractivity contribution is -0.142. The molecule has 0 spiro atoms. The van der Waals surface area contributed by atoms with Crippen molar-refractivity contribution in [1.29, 1.82) is 0 Å². The van der Waals surface area contributed by atoms with Crippen molar-refractivity contribution in [3.8, 4) is 0 Å². The molecule has 5 nitrogen and oxygen atoms in total. The molecule has 1 fully saturated rings. The standard InChI is InChI=1S/C36H32BrNO4P2/c1-42-36(39)33-35(44(41,30-18-10-4-11-19-30)31-20-12-5-13-21-31)34(32(38-33)26-22-24-27(37)25-23-26)43(40,28-14-6-2-7-15-28)29-16-8-3-9-17-29/h2-25,32-35,38H,1H3/t32-,33-,34-,35-/m0/s1. The third kappa shape index (κ3) is 5.35. The first-order valence-electron chi connectivity index (χ1n) is 14.4. The first-order valence-corrected chi connectivity index (χ1v) is 18.7. The lowest BCUT2D eigenvalue weighted by Crippen LogP contribution is -2.46. The molecule has 0 radical (unpaired) electrons. The Balaban J connectivity index is 1.73. The number of rotatable bonds is 8. The van der Waals surface area contributed by atoms with Crippen LogP contribution in [0.2, 0.25) is 0 Å². The van der Waals surface area contributed by atoms with Gasteiger partial charge >= 0.3 is 5.97 Å². The monoisotopic (exact) mass is 683 g/mol. The van der Waals surface area contributed by atoms with Gasteiger partial charge in [0.25, 0.3) is 0 Å². The summed E-state index contributed by atoms with van der Waals surface area (Å²) in [6, 6.07) is 43.6. The molecule has 222 valence electrons. The van der Waals surface area contributed by atoms with Crippen LogP contribution < -0.4 is 26.5 Å². The molecule has 4 atom stereocenters. The molecule has 1 N–H and O–H groups in total. The average Bonchev–Trinajstić information content (AvgIpc) is 3.51. The summed E-state index contributed by atoms with van der Waals surface area (Å²) < 4.78 is 38.8. The van der Waals surface area contributed by atoms with Gasteiger partial charge in [0.1, 0.15) is 20.3 Å². The summed E-state index contributed by atoms with van der Waals surface area (Å²) in [4.78, 5) is 13.8. The van der Waals surface area contributed by atoms with Crippen molar-refractivity contribution >= 4 is 57.4 Å². The summed E-state index contributed by atoms with van der Waals surface area (Å²) in [5.41, 5.74) is -0.863.